The van der Waals surface area contributed by atoms with E-state index in [2.05, 4.69) is 6.55 Å². The average molecular weight is 349 g/mol. The van der Waals surface area contributed by atoms with Gasteiger partial charge >= 0.3 is 8.56 Å². The smallest absolute Gasteiger partial charge is 0.334 e. The van der Waals surface area contributed by atoms with E-state index in [1.54, 1.807) is 14.2 Å². The summed E-state index contributed by atoms with van der Waals surface area (Å²) in [4.78, 5) is 0. The molecule has 0 heterocycles. The maximum absolute atomic E-state index is 5.51. The summed E-state index contributed by atoms with van der Waals surface area (Å²) in [6.07, 6.45) is 11.8. The van der Waals surface area contributed by atoms with Gasteiger partial charge in [-0.15, -0.1) is 0 Å². The number of ether oxygens (including phenoxy) is 2. The highest BCUT2D eigenvalue weighted by Gasteiger charge is 2.27. The van der Waals surface area contributed by atoms with Gasteiger partial charge in [-0.1, -0.05) is 51.4 Å². The third-order valence-corrected chi connectivity index (χ3v) is 7.35. The van der Waals surface area contributed by atoms with Crippen LogP contribution in [0.15, 0.2) is 0 Å². The van der Waals surface area contributed by atoms with Crippen molar-refractivity contribution in [3.05, 3.63) is 0 Å². The van der Waals surface area contributed by atoms with Crippen LogP contribution >= 0.6 is 0 Å². The van der Waals surface area contributed by atoms with E-state index >= 15 is 0 Å². The molecule has 0 aliphatic heterocycles. The van der Waals surface area contributed by atoms with E-state index in [4.69, 9.17) is 18.3 Å². The molecule has 0 saturated heterocycles. The lowest BCUT2D eigenvalue weighted by Crippen LogP contribution is -2.35. The lowest BCUT2D eigenvalue weighted by molar-refractivity contribution is 0.0512. The Morgan fingerprint density at radius 2 is 1.09 bits per heavy atom. The summed E-state index contributed by atoms with van der Waals surface area (Å²) in [5.41, 5.74) is 0. The molecule has 0 aliphatic rings. The highest BCUT2D eigenvalue weighted by atomic mass is 28.4. The predicted molar refractivity (Wildman–Crippen MR) is 99.3 cm³/mol. The first-order chi connectivity index (χ1) is 11.2. The largest absolute Gasteiger partial charge is 0.398 e. The van der Waals surface area contributed by atoms with Crippen LogP contribution in [0, 0.1) is 0 Å². The molecule has 4 nitrogen and oxygen atoms in total. The molecule has 0 fully saturated rings. The van der Waals surface area contributed by atoms with Gasteiger partial charge in [0, 0.05) is 27.4 Å². The lowest BCUT2D eigenvalue weighted by atomic mass is 10.1. The van der Waals surface area contributed by atoms with Crippen LogP contribution < -0.4 is 0 Å². The van der Waals surface area contributed by atoms with Gasteiger partial charge in [0.15, 0.2) is 0 Å². The van der Waals surface area contributed by atoms with Gasteiger partial charge in [-0.25, -0.2) is 0 Å². The maximum atomic E-state index is 5.51. The summed E-state index contributed by atoms with van der Waals surface area (Å²) in [6.45, 7) is 7.29. The van der Waals surface area contributed by atoms with Crippen molar-refractivity contribution in [2.45, 2.75) is 77.3 Å². The minimum absolute atomic E-state index is 0.729. The molecule has 140 valence electrons. The molecule has 0 aliphatic carbocycles. The molecule has 0 N–H and O–H groups in total. The normalized spacial score (nSPS) is 12.0. The number of unbranched alkanes of at least 4 members (excludes halogenated alkanes) is 8. The lowest BCUT2D eigenvalue weighted by Gasteiger charge is -2.22. The molecule has 0 saturated carbocycles. The molecule has 0 spiro atoms. The fourth-order valence-corrected chi connectivity index (χ4v) is 4.01. The molecule has 0 unspecified atom stereocenters. The van der Waals surface area contributed by atoms with Crippen LogP contribution in [0.3, 0.4) is 0 Å². The number of hydrogen-bond acceptors (Lipinski definition) is 4. The average Bonchev–Trinajstić information content (AvgIpc) is 2.58. The summed E-state index contributed by atoms with van der Waals surface area (Å²) in [6, 6.07) is 1.11. The Balaban J connectivity index is 3.14. The van der Waals surface area contributed by atoms with Crippen molar-refractivity contribution in [2.24, 2.45) is 0 Å². The Kier molecular flexibility index (Phi) is 16.9. The maximum Gasteiger partial charge on any atom is 0.334 e. The molecule has 23 heavy (non-hydrogen) atoms. The van der Waals surface area contributed by atoms with Gasteiger partial charge in [0.2, 0.25) is 0 Å². The molecular weight excluding hydrogens is 308 g/mol. The van der Waals surface area contributed by atoms with Crippen molar-refractivity contribution in [3.63, 3.8) is 0 Å². The molecule has 5 heteroatoms. The van der Waals surface area contributed by atoms with E-state index < -0.39 is 8.56 Å². The van der Waals surface area contributed by atoms with Gasteiger partial charge in [0.1, 0.15) is 0 Å². The first-order valence-electron chi connectivity index (χ1n) is 9.44. The molecule has 0 aromatic rings. The SMILES string of the molecule is CCOCCOCCCCCCCCCCC[Si](C)(OC)OC. The molecular formula is C18H40O4Si. The molecule has 0 amide bonds. The minimum atomic E-state index is -1.82. The van der Waals surface area contributed by atoms with Crippen molar-refractivity contribution in [1.82, 2.24) is 0 Å². The molecule has 0 atom stereocenters. The minimum Gasteiger partial charge on any atom is -0.398 e. The second-order valence-corrected chi connectivity index (χ2v) is 9.87. The van der Waals surface area contributed by atoms with E-state index in [-0.39, 0.29) is 0 Å². The van der Waals surface area contributed by atoms with Gasteiger partial charge in [-0.2, -0.15) is 0 Å². The van der Waals surface area contributed by atoms with Gasteiger partial charge in [0.05, 0.1) is 13.2 Å². The Morgan fingerprint density at radius 1 is 0.609 bits per heavy atom. The molecule has 0 aromatic carbocycles. The van der Waals surface area contributed by atoms with E-state index in [1.165, 1.54) is 57.8 Å². The molecule has 0 bridgehead atoms. The first kappa shape index (κ1) is 23.1. The van der Waals surface area contributed by atoms with Crippen molar-refractivity contribution >= 4 is 8.56 Å². The van der Waals surface area contributed by atoms with Crippen LogP contribution in [-0.4, -0.2) is 49.2 Å². The zero-order valence-electron chi connectivity index (χ0n) is 16.0. The van der Waals surface area contributed by atoms with Crippen molar-refractivity contribution in [1.29, 1.82) is 0 Å². The van der Waals surface area contributed by atoms with E-state index in [1.807, 2.05) is 6.92 Å². The molecule has 0 rings (SSSR count). The fraction of sp³-hybridized carbons (Fsp3) is 1.00. The Hall–Kier alpha value is 0.0569. The van der Waals surface area contributed by atoms with E-state index in [0.29, 0.717) is 0 Å². The highest BCUT2D eigenvalue weighted by molar-refractivity contribution is 6.65. The van der Waals surface area contributed by atoms with Crippen molar-refractivity contribution < 1.29 is 18.3 Å². The van der Waals surface area contributed by atoms with Crippen LogP contribution in [0.5, 0.6) is 0 Å². The van der Waals surface area contributed by atoms with Crippen LogP contribution in [0.4, 0.5) is 0 Å². The predicted octanol–water partition coefficient (Wildman–Crippen LogP) is 4.92. The molecule has 0 radical (unpaired) electrons. The first-order valence-corrected chi connectivity index (χ1v) is 12.0. The summed E-state index contributed by atoms with van der Waals surface area (Å²) in [7, 11) is 1.73. The van der Waals surface area contributed by atoms with Crippen LogP contribution in [0.2, 0.25) is 12.6 Å². The second-order valence-electron chi connectivity index (χ2n) is 6.28. The van der Waals surface area contributed by atoms with Crippen LogP contribution in [0.1, 0.15) is 64.7 Å². The monoisotopic (exact) mass is 348 g/mol. The number of rotatable bonds is 18. The Morgan fingerprint density at radius 3 is 1.61 bits per heavy atom. The zero-order valence-corrected chi connectivity index (χ0v) is 17.0. The topological polar surface area (TPSA) is 36.9 Å². The van der Waals surface area contributed by atoms with Gasteiger partial charge in [-0.05, 0) is 25.9 Å². The Bertz CT molecular complexity index is 235. The third-order valence-electron chi connectivity index (χ3n) is 4.36. The van der Waals surface area contributed by atoms with Gasteiger partial charge in [-0.3, -0.25) is 0 Å². The van der Waals surface area contributed by atoms with Gasteiger partial charge < -0.3 is 18.3 Å². The van der Waals surface area contributed by atoms with Gasteiger partial charge in [0.25, 0.3) is 0 Å². The third kappa shape index (κ3) is 15.3. The van der Waals surface area contributed by atoms with Crippen LogP contribution in [-0.2, 0) is 18.3 Å². The van der Waals surface area contributed by atoms with Crippen molar-refractivity contribution in [2.75, 3.05) is 40.6 Å². The summed E-state index contributed by atoms with van der Waals surface area (Å²) in [5.74, 6) is 0. The highest BCUT2D eigenvalue weighted by Crippen LogP contribution is 2.17. The summed E-state index contributed by atoms with van der Waals surface area (Å²) in [5, 5.41) is 0. The Labute approximate surface area is 145 Å². The quantitative estimate of drug-likeness (QED) is 0.260. The number of hydrogen-bond donors (Lipinski definition) is 0. The molecule has 0 aromatic heterocycles. The summed E-state index contributed by atoms with van der Waals surface area (Å²) < 4.78 is 21.8. The summed E-state index contributed by atoms with van der Waals surface area (Å²) >= 11 is 0. The van der Waals surface area contributed by atoms with E-state index in [9.17, 15) is 0 Å². The van der Waals surface area contributed by atoms with Crippen molar-refractivity contribution in [3.8, 4) is 0 Å². The zero-order chi connectivity index (χ0) is 17.2. The van der Waals surface area contributed by atoms with Crippen LogP contribution in [0.25, 0.3) is 0 Å². The standard InChI is InChI=1S/C18H40O4Si/c1-5-21-16-17-22-15-13-11-9-7-6-8-10-12-14-18-23(4,19-2)20-3/h5-18H2,1-4H3. The van der Waals surface area contributed by atoms with E-state index in [0.717, 1.165) is 32.5 Å². The fourth-order valence-electron chi connectivity index (χ4n) is 2.54. The second kappa shape index (κ2) is 16.9.